The summed E-state index contributed by atoms with van der Waals surface area (Å²) in [6.45, 7) is 6.15. The van der Waals surface area contributed by atoms with Crippen LogP contribution >= 0.6 is 0 Å². The van der Waals surface area contributed by atoms with E-state index in [1.54, 1.807) is 7.05 Å². The van der Waals surface area contributed by atoms with Crippen LogP contribution in [0.25, 0.3) is 0 Å². The summed E-state index contributed by atoms with van der Waals surface area (Å²) in [4.78, 5) is 24.6. The molecule has 1 aromatic rings. The van der Waals surface area contributed by atoms with Gasteiger partial charge >= 0.3 is 5.97 Å². The SMILES string of the molecule is COC(=O)CC(=O)N(C)c1cc(C(C)C)ccc1C. The lowest BCUT2D eigenvalue weighted by Crippen LogP contribution is -2.29. The first-order valence-electron chi connectivity index (χ1n) is 6.30. The summed E-state index contributed by atoms with van der Waals surface area (Å²) in [5.41, 5.74) is 3.00. The van der Waals surface area contributed by atoms with Crippen LogP contribution in [0, 0.1) is 6.92 Å². The fourth-order valence-corrected chi connectivity index (χ4v) is 1.80. The molecule has 4 heteroatoms. The number of methoxy groups -OCH3 is 1. The molecular formula is C15H21NO3. The largest absolute Gasteiger partial charge is 0.469 e. The summed E-state index contributed by atoms with van der Waals surface area (Å²) < 4.78 is 4.51. The third-order valence-corrected chi connectivity index (χ3v) is 3.16. The first-order valence-corrected chi connectivity index (χ1v) is 6.30. The maximum absolute atomic E-state index is 12.0. The van der Waals surface area contributed by atoms with Crippen LogP contribution in [-0.4, -0.2) is 26.0 Å². The van der Waals surface area contributed by atoms with Crippen LogP contribution < -0.4 is 4.90 Å². The molecule has 0 saturated carbocycles. The Kier molecular flexibility index (Phi) is 5.10. The van der Waals surface area contributed by atoms with Crippen LogP contribution in [0.2, 0.25) is 0 Å². The van der Waals surface area contributed by atoms with E-state index in [0.29, 0.717) is 5.92 Å². The van der Waals surface area contributed by atoms with E-state index in [1.807, 2.05) is 19.1 Å². The van der Waals surface area contributed by atoms with Gasteiger partial charge in [-0.15, -0.1) is 0 Å². The minimum atomic E-state index is -0.519. The summed E-state index contributed by atoms with van der Waals surface area (Å²) in [5, 5.41) is 0. The van der Waals surface area contributed by atoms with E-state index in [1.165, 1.54) is 17.6 Å². The molecule has 0 aliphatic rings. The number of ether oxygens (including phenoxy) is 1. The average Bonchev–Trinajstić information content (AvgIpc) is 2.37. The Bertz CT molecular complexity index is 480. The van der Waals surface area contributed by atoms with Crippen molar-refractivity contribution in [2.24, 2.45) is 0 Å². The Morgan fingerprint density at radius 2 is 1.95 bits per heavy atom. The second kappa shape index (κ2) is 6.36. The van der Waals surface area contributed by atoms with Gasteiger partial charge in [-0.2, -0.15) is 0 Å². The van der Waals surface area contributed by atoms with Gasteiger partial charge in [-0.3, -0.25) is 9.59 Å². The monoisotopic (exact) mass is 263 g/mol. The quantitative estimate of drug-likeness (QED) is 0.619. The maximum atomic E-state index is 12.0. The first kappa shape index (κ1) is 15.2. The number of amides is 1. The van der Waals surface area contributed by atoms with E-state index in [2.05, 4.69) is 24.7 Å². The normalized spacial score (nSPS) is 10.4. The van der Waals surface area contributed by atoms with Crippen molar-refractivity contribution in [2.75, 3.05) is 19.1 Å². The third-order valence-electron chi connectivity index (χ3n) is 3.16. The highest BCUT2D eigenvalue weighted by molar-refractivity contribution is 6.03. The highest BCUT2D eigenvalue weighted by Gasteiger charge is 2.17. The number of rotatable bonds is 4. The summed E-state index contributed by atoms with van der Waals surface area (Å²) in [6, 6.07) is 6.05. The lowest BCUT2D eigenvalue weighted by atomic mass is 10.00. The molecule has 0 aromatic heterocycles. The number of nitrogens with zero attached hydrogens (tertiary/aromatic N) is 1. The average molecular weight is 263 g/mol. The van der Waals surface area contributed by atoms with E-state index in [4.69, 9.17) is 0 Å². The van der Waals surface area contributed by atoms with Crippen molar-refractivity contribution < 1.29 is 14.3 Å². The molecule has 104 valence electrons. The summed E-state index contributed by atoms with van der Waals surface area (Å²) in [5.74, 6) is -0.395. The molecule has 0 saturated heterocycles. The Morgan fingerprint density at radius 3 is 2.47 bits per heavy atom. The van der Waals surface area contributed by atoms with Crippen LogP contribution in [-0.2, 0) is 14.3 Å². The van der Waals surface area contributed by atoms with E-state index in [9.17, 15) is 9.59 Å². The highest BCUT2D eigenvalue weighted by atomic mass is 16.5. The molecule has 0 atom stereocenters. The Hall–Kier alpha value is -1.84. The van der Waals surface area contributed by atoms with E-state index in [0.717, 1.165) is 11.3 Å². The number of carbonyl (C=O) groups is 2. The lowest BCUT2D eigenvalue weighted by molar-refractivity contribution is -0.143. The Labute approximate surface area is 114 Å². The molecule has 0 radical (unpaired) electrons. The topological polar surface area (TPSA) is 46.6 Å². The van der Waals surface area contributed by atoms with Crippen LogP contribution in [0.3, 0.4) is 0 Å². The molecule has 4 nitrogen and oxygen atoms in total. The molecule has 0 unspecified atom stereocenters. The van der Waals surface area contributed by atoms with Gasteiger partial charge < -0.3 is 9.64 Å². The van der Waals surface area contributed by atoms with Gasteiger partial charge in [0, 0.05) is 12.7 Å². The van der Waals surface area contributed by atoms with E-state index >= 15 is 0 Å². The van der Waals surface area contributed by atoms with Gasteiger partial charge in [0.2, 0.25) is 5.91 Å². The maximum Gasteiger partial charge on any atom is 0.315 e. The molecule has 0 spiro atoms. The molecule has 0 heterocycles. The number of aryl methyl sites for hydroxylation is 1. The minimum absolute atomic E-state index is 0.238. The molecular weight excluding hydrogens is 242 g/mol. The van der Waals surface area contributed by atoms with Crippen molar-refractivity contribution in [3.63, 3.8) is 0 Å². The molecule has 0 aliphatic carbocycles. The number of carbonyl (C=O) groups excluding carboxylic acids is 2. The van der Waals surface area contributed by atoms with Crippen molar-refractivity contribution >= 4 is 17.6 Å². The van der Waals surface area contributed by atoms with Gasteiger partial charge in [0.1, 0.15) is 6.42 Å². The summed E-state index contributed by atoms with van der Waals surface area (Å²) in [7, 11) is 2.96. The highest BCUT2D eigenvalue weighted by Crippen LogP contribution is 2.25. The zero-order valence-corrected chi connectivity index (χ0v) is 12.2. The molecule has 0 aliphatic heterocycles. The first-order chi connectivity index (χ1) is 8.86. The number of esters is 1. The predicted molar refractivity (Wildman–Crippen MR) is 75.3 cm³/mol. The van der Waals surface area contributed by atoms with Gasteiger partial charge in [-0.05, 0) is 30.0 Å². The van der Waals surface area contributed by atoms with Crippen LogP contribution in [0.15, 0.2) is 18.2 Å². The standard InChI is InChI=1S/C15H21NO3/c1-10(2)12-7-6-11(3)13(8-12)16(4)14(17)9-15(18)19-5/h6-8,10H,9H2,1-5H3. The molecule has 1 aromatic carbocycles. The third kappa shape index (κ3) is 3.81. The minimum Gasteiger partial charge on any atom is -0.469 e. The van der Waals surface area contributed by atoms with Gasteiger partial charge in [0.25, 0.3) is 0 Å². The zero-order chi connectivity index (χ0) is 14.6. The molecule has 1 amide bonds. The van der Waals surface area contributed by atoms with Crippen molar-refractivity contribution in [3.05, 3.63) is 29.3 Å². The second-order valence-electron chi connectivity index (χ2n) is 4.91. The molecule has 19 heavy (non-hydrogen) atoms. The predicted octanol–water partition coefficient (Wildman–Crippen LogP) is 2.64. The zero-order valence-electron chi connectivity index (χ0n) is 12.2. The molecule has 1 rings (SSSR count). The number of hydrogen-bond donors (Lipinski definition) is 0. The number of hydrogen-bond acceptors (Lipinski definition) is 3. The summed E-state index contributed by atoms with van der Waals surface area (Å²) >= 11 is 0. The van der Waals surface area contributed by atoms with E-state index < -0.39 is 5.97 Å². The van der Waals surface area contributed by atoms with Crippen molar-refractivity contribution in [1.29, 1.82) is 0 Å². The van der Waals surface area contributed by atoms with Crippen molar-refractivity contribution in [2.45, 2.75) is 33.1 Å². The van der Waals surface area contributed by atoms with Gasteiger partial charge in [-0.1, -0.05) is 26.0 Å². The fraction of sp³-hybridized carbons (Fsp3) is 0.467. The molecule has 0 fully saturated rings. The lowest BCUT2D eigenvalue weighted by Gasteiger charge is -2.21. The number of anilines is 1. The van der Waals surface area contributed by atoms with Gasteiger partial charge in [0.05, 0.1) is 7.11 Å². The smallest absolute Gasteiger partial charge is 0.315 e. The van der Waals surface area contributed by atoms with Gasteiger partial charge in [-0.25, -0.2) is 0 Å². The van der Waals surface area contributed by atoms with Crippen molar-refractivity contribution in [1.82, 2.24) is 0 Å². The van der Waals surface area contributed by atoms with Crippen LogP contribution in [0.1, 0.15) is 37.3 Å². The van der Waals surface area contributed by atoms with Crippen molar-refractivity contribution in [3.8, 4) is 0 Å². The summed E-state index contributed by atoms with van der Waals surface area (Å²) in [6.07, 6.45) is -0.238. The van der Waals surface area contributed by atoms with Crippen LogP contribution in [0.4, 0.5) is 5.69 Å². The van der Waals surface area contributed by atoms with Gasteiger partial charge in [0.15, 0.2) is 0 Å². The Balaban J connectivity index is 2.98. The number of benzene rings is 1. The molecule has 0 bridgehead atoms. The van der Waals surface area contributed by atoms with Crippen LogP contribution in [0.5, 0.6) is 0 Å². The molecule has 0 N–H and O–H groups in total. The Morgan fingerprint density at radius 1 is 1.32 bits per heavy atom. The fourth-order valence-electron chi connectivity index (χ4n) is 1.80. The second-order valence-corrected chi connectivity index (χ2v) is 4.91. The van der Waals surface area contributed by atoms with E-state index in [-0.39, 0.29) is 12.3 Å².